The maximum absolute atomic E-state index is 9.23. The highest BCUT2D eigenvalue weighted by Crippen LogP contribution is 2.35. The van der Waals surface area contributed by atoms with Crippen molar-refractivity contribution in [3.8, 4) is 5.75 Å². The zero-order valence-corrected chi connectivity index (χ0v) is 11.1. The molecule has 1 saturated heterocycles. The Bertz CT molecular complexity index is 407. The summed E-state index contributed by atoms with van der Waals surface area (Å²) in [6, 6.07) is 5.96. The van der Waals surface area contributed by atoms with Gasteiger partial charge in [-0.05, 0) is 25.5 Å². The molecule has 1 aliphatic rings. The van der Waals surface area contributed by atoms with Crippen LogP contribution in [-0.4, -0.2) is 31.9 Å². The SMILES string of the molecule is COc1cccc(N2CCC(CO)C2)c1[C@H](C)N. The van der Waals surface area contributed by atoms with Gasteiger partial charge in [0.05, 0.1) is 7.11 Å². The van der Waals surface area contributed by atoms with Crippen molar-refractivity contribution in [2.24, 2.45) is 11.7 Å². The van der Waals surface area contributed by atoms with Gasteiger partial charge in [-0.3, -0.25) is 0 Å². The van der Waals surface area contributed by atoms with Crippen molar-refractivity contribution in [3.63, 3.8) is 0 Å². The molecule has 1 aromatic rings. The molecule has 1 heterocycles. The number of aliphatic hydroxyl groups is 1. The molecule has 4 heteroatoms. The summed E-state index contributed by atoms with van der Waals surface area (Å²) in [6.07, 6.45) is 1.03. The van der Waals surface area contributed by atoms with Gasteiger partial charge in [-0.2, -0.15) is 0 Å². The minimum Gasteiger partial charge on any atom is -0.496 e. The second-order valence-electron chi connectivity index (χ2n) is 4.97. The van der Waals surface area contributed by atoms with Crippen LogP contribution in [-0.2, 0) is 0 Å². The predicted octanol–water partition coefficient (Wildman–Crippen LogP) is 1.53. The third kappa shape index (κ3) is 2.44. The molecular weight excluding hydrogens is 228 g/mol. The fourth-order valence-corrected chi connectivity index (χ4v) is 2.64. The molecule has 1 aliphatic heterocycles. The summed E-state index contributed by atoms with van der Waals surface area (Å²) in [5, 5.41) is 9.23. The maximum Gasteiger partial charge on any atom is 0.125 e. The van der Waals surface area contributed by atoms with E-state index in [1.54, 1.807) is 7.11 Å². The molecule has 0 spiro atoms. The van der Waals surface area contributed by atoms with E-state index < -0.39 is 0 Å². The topological polar surface area (TPSA) is 58.7 Å². The average molecular weight is 250 g/mol. The summed E-state index contributed by atoms with van der Waals surface area (Å²) in [7, 11) is 1.67. The van der Waals surface area contributed by atoms with Gasteiger partial charge in [-0.25, -0.2) is 0 Å². The monoisotopic (exact) mass is 250 g/mol. The molecule has 1 aromatic carbocycles. The lowest BCUT2D eigenvalue weighted by Crippen LogP contribution is -2.23. The maximum atomic E-state index is 9.23. The Hall–Kier alpha value is -1.26. The van der Waals surface area contributed by atoms with Crippen LogP contribution in [0.5, 0.6) is 5.75 Å². The number of anilines is 1. The van der Waals surface area contributed by atoms with Crippen LogP contribution in [0.3, 0.4) is 0 Å². The molecule has 1 unspecified atom stereocenters. The molecule has 0 aliphatic carbocycles. The van der Waals surface area contributed by atoms with Gasteiger partial charge in [0.25, 0.3) is 0 Å². The highest BCUT2D eigenvalue weighted by atomic mass is 16.5. The van der Waals surface area contributed by atoms with Crippen molar-refractivity contribution < 1.29 is 9.84 Å². The molecular formula is C14H22N2O2. The van der Waals surface area contributed by atoms with E-state index in [1.807, 2.05) is 19.1 Å². The molecule has 18 heavy (non-hydrogen) atoms. The minimum atomic E-state index is -0.0654. The Kier molecular flexibility index (Phi) is 4.09. The molecule has 100 valence electrons. The molecule has 3 N–H and O–H groups in total. The molecule has 2 atom stereocenters. The van der Waals surface area contributed by atoms with Crippen LogP contribution in [0.25, 0.3) is 0 Å². The van der Waals surface area contributed by atoms with Crippen molar-refractivity contribution in [2.75, 3.05) is 31.7 Å². The number of hydrogen-bond donors (Lipinski definition) is 2. The lowest BCUT2D eigenvalue weighted by Gasteiger charge is -2.25. The number of nitrogens with zero attached hydrogens (tertiary/aromatic N) is 1. The lowest BCUT2D eigenvalue weighted by molar-refractivity contribution is 0.238. The van der Waals surface area contributed by atoms with Gasteiger partial charge in [0, 0.05) is 42.9 Å². The van der Waals surface area contributed by atoms with Gasteiger partial charge >= 0.3 is 0 Å². The smallest absolute Gasteiger partial charge is 0.125 e. The summed E-state index contributed by atoms with van der Waals surface area (Å²) in [5.41, 5.74) is 8.26. The van der Waals surface area contributed by atoms with E-state index in [0.29, 0.717) is 5.92 Å². The first-order valence-corrected chi connectivity index (χ1v) is 6.45. The van der Waals surface area contributed by atoms with Crippen LogP contribution in [0, 0.1) is 5.92 Å². The van der Waals surface area contributed by atoms with E-state index in [9.17, 15) is 5.11 Å². The van der Waals surface area contributed by atoms with Crippen LogP contribution < -0.4 is 15.4 Å². The predicted molar refractivity (Wildman–Crippen MR) is 73.0 cm³/mol. The third-order valence-electron chi connectivity index (χ3n) is 3.60. The molecule has 0 aromatic heterocycles. The number of nitrogens with two attached hydrogens (primary N) is 1. The fourth-order valence-electron chi connectivity index (χ4n) is 2.64. The van der Waals surface area contributed by atoms with Gasteiger partial charge in [0.2, 0.25) is 0 Å². The number of benzene rings is 1. The second kappa shape index (κ2) is 5.59. The molecule has 0 amide bonds. The van der Waals surface area contributed by atoms with E-state index in [0.717, 1.165) is 36.5 Å². The van der Waals surface area contributed by atoms with E-state index in [-0.39, 0.29) is 12.6 Å². The largest absolute Gasteiger partial charge is 0.496 e. The Labute approximate surface area is 108 Å². The Morgan fingerprint density at radius 1 is 1.56 bits per heavy atom. The van der Waals surface area contributed by atoms with Crippen LogP contribution in [0.1, 0.15) is 24.9 Å². The van der Waals surface area contributed by atoms with Crippen LogP contribution in [0.2, 0.25) is 0 Å². The van der Waals surface area contributed by atoms with Gasteiger partial charge < -0.3 is 20.5 Å². The summed E-state index contributed by atoms with van der Waals surface area (Å²) >= 11 is 0. The average Bonchev–Trinajstić information content (AvgIpc) is 2.86. The van der Waals surface area contributed by atoms with Crippen molar-refractivity contribution in [1.82, 2.24) is 0 Å². The number of ether oxygens (including phenoxy) is 1. The standard InChI is InChI=1S/C14H22N2O2/c1-10(15)14-12(4-3-5-13(14)18-2)16-7-6-11(8-16)9-17/h3-5,10-11,17H,6-9,15H2,1-2H3/t10-,11?/m0/s1. The quantitative estimate of drug-likeness (QED) is 0.851. The van der Waals surface area contributed by atoms with Gasteiger partial charge in [-0.15, -0.1) is 0 Å². The lowest BCUT2D eigenvalue weighted by atomic mass is 10.0. The molecule has 0 radical (unpaired) electrons. The molecule has 1 fully saturated rings. The second-order valence-corrected chi connectivity index (χ2v) is 4.97. The minimum absolute atomic E-state index is 0.0654. The molecule has 4 nitrogen and oxygen atoms in total. The van der Waals surface area contributed by atoms with Crippen molar-refractivity contribution in [1.29, 1.82) is 0 Å². The normalized spacial score (nSPS) is 21.1. The first-order chi connectivity index (χ1) is 8.67. The van der Waals surface area contributed by atoms with Crippen molar-refractivity contribution in [2.45, 2.75) is 19.4 Å². The summed E-state index contributed by atoms with van der Waals surface area (Å²) in [5.74, 6) is 1.21. The van der Waals surface area contributed by atoms with Gasteiger partial charge in [0.15, 0.2) is 0 Å². The highest BCUT2D eigenvalue weighted by molar-refractivity contribution is 5.61. The first kappa shape index (κ1) is 13.2. The first-order valence-electron chi connectivity index (χ1n) is 6.45. The van der Waals surface area contributed by atoms with Crippen LogP contribution >= 0.6 is 0 Å². The zero-order chi connectivity index (χ0) is 13.1. The van der Waals surface area contributed by atoms with Crippen molar-refractivity contribution in [3.05, 3.63) is 23.8 Å². The third-order valence-corrected chi connectivity index (χ3v) is 3.60. The Morgan fingerprint density at radius 2 is 2.33 bits per heavy atom. The zero-order valence-electron chi connectivity index (χ0n) is 11.1. The molecule has 0 saturated carbocycles. The van der Waals surface area contributed by atoms with Gasteiger partial charge in [0.1, 0.15) is 5.75 Å². The summed E-state index contributed by atoms with van der Waals surface area (Å²) in [6.45, 7) is 4.09. The Balaban J connectivity index is 2.32. The van der Waals surface area contributed by atoms with Crippen LogP contribution in [0.15, 0.2) is 18.2 Å². The molecule has 0 bridgehead atoms. The number of aliphatic hydroxyl groups excluding tert-OH is 1. The highest BCUT2D eigenvalue weighted by Gasteiger charge is 2.25. The summed E-state index contributed by atoms with van der Waals surface area (Å²) in [4.78, 5) is 2.29. The van der Waals surface area contributed by atoms with E-state index in [2.05, 4.69) is 11.0 Å². The van der Waals surface area contributed by atoms with E-state index in [1.165, 1.54) is 0 Å². The summed E-state index contributed by atoms with van der Waals surface area (Å²) < 4.78 is 5.40. The van der Waals surface area contributed by atoms with Crippen molar-refractivity contribution >= 4 is 5.69 Å². The Morgan fingerprint density at radius 3 is 2.89 bits per heavy atom. The van der Waals surface area contributed by atoms with Crippen LogP contribution in [0.4, 0.5) is 5.69 Å². The number of hydrogen-bond acceptors (Lipinski definition) is 4. The fraction of sp³-hybridized carbons (Fsp3) is 0.571. The number of rotatable bonds is 4. The molecule has 2 rings (SSSR count). The number of methoxy groups -OCH3 is 1. The van der Waals surface area contributed by atoms with E-state index >= 15 is 0 Å². The van der Waals surface area contributed by atoms with Gasteiger partial charge in [-0.1, -0.05) is 6.07 Å². The van der Waals surface area contributed by atoms with E-state index in [4.69, 9.17) is 10.5 Å².